The average Bonchev–Trinajstić information content (AvgIpc) is 3.14. The number of benzene rings is 1. The molecule has 0 aliphatic carbocycles. The first-order valence-electron chi connectivity index (χ1n) is 8.09. The average molecular weight is 314 g/mol. The van der Waals surface area contributed by atoms with Gasteiger partial charge in [0.05, 0.1) is 11.7 Å². The molecule has 1 saturated heterocycles. The number of nitrogens with zero attached hydrogens (tertiary/aromatic N) is 2. The number of likely N-dealkylation sites (tertiary alicyclic amines) is 1. The van der Waals surface area contributed by atoms with Crippen LogP contribution < -0.4 is 5.32 Å². The molecule has 23 heavy (non-hydrogen) atoms. The largest absolute Gasteiger partial charge is 0.328 e. The molecule has 1 aromatic carbocycles. The van der Waals surface area contributed by atoms with Crippen LogP contribution in [0.4, 0.5) is 5.69 Å². The summed E-state index contributed by atoms with van der Waals surface area (Å²) in [5.41, 5.74) is 0.816. The molecule has 1 aliphatic rings. The van der Waals surface area contributed by atoms with Crippen molar-refractivity contribution < 1.29 is 9.59 Å². The summed E-state index contributed by atoms with van der Waals surface area (Å²) in [6.07, 6.45) is 4.58. The molecule has 1 aliphatic heterocycles. The minimum Gasteiger partial charge on any atom is -0.328 e. The maximum absolute atomic E-state index is 12.8. The van der Waals surface area contributed by atoms with Crippen LogP contribution in [0.3, 0.4) is 0 Å². The number of fused-ring (bicyclic) bond motifs is 1. The van der Waals surface area contributed by atoms with Gasteiger partial charge in [-0.15, -0.1) is 0 Å². The van der Waals surface area contributed by atoms with Crippen molar-refractivity contribution in [1.82, 2.24) is 15.1 Å². The topological polar surface area (TPSA) is 78.1 Å². The van der Waals surface area contributed by atoms with E-state index in [1.807, 2.05) is 32.0 Å². The number of carbonyl (C=O) groups is 2. The third-order valence-corrected chi connectivity index (χ3v) is 4.59. The number of nitrogens with one attached hydrogen (secondary N) is 2. The molecule has 2 heterocycles. The van der Waals surface area contributed by atoms with Gasteiger partial charge < -0.3 is 10.2 Å². The third kappa shape index (κ3) is 2.81. The second kappa shape index (κ2) is 6.02. The van der Waals surface area contributed by atoms with Crippen LogP contribution in [0.1, 0.15) is 39.5 Å². The Labute approximate surface area is 135 Å². The van der Waals surface area contributed by atoms with E-state index in [1.54, 1.807) is 11.1 Å². The summed E-state index contributed by atoms with van der Waals surface area (Å²) in [7, 11) is 0. The van der Waals surface area contributed by atoms with Crippen LogP contribution in [-0.2, 0) is 9.59 Å². The van der Waals surface area contributed by atoms with Crippen LogP contribution in [0.5, 0.6) is 0 Å². The lowest BCUT2D eigenvalue weighted by molar-refractivity contribution is -0.141. The van der Waals surface area contributed by atoms with Crippen molar-refractivity contribution >= 4 is 28.4 Å². The first-order valence-corrected chi connectivity index (χ1v) is 8.09. The molecule has 1 atom stereocenters. The molecule has 0 saturated carbocycles. The Hall–Kier alpha value is -2.37. The van der Waals surface area contributed by atoms with E-state index in [0.717, 1.165) is 23.7 Å². The van der Waals surface area contributed by atoms with Crippen molar-refractivity contribution in [2.75, 3.05) is 11.9 Å². The van der Waals surface area contributed by atoms with Gasteiger partial charge >= 0.3 is 0 Å². The molecule has 0 radical (unpaired) electrons. The van der Waals surface area contributed by atoms with E-state index in [2.05, 4.69) is 15.5 Å². The molecule has 1 fully saturated rings. The first kappa shape index (κ1) is 15.5. The van der Waals surface area contributed by atoms with E-state index >= 15 is 0 Å². The highest BCUT2D eigenvalue weighted by molar-refractivity contribution is 6.01. The number of carbonyl (C=O) groups excluding carboxylic acids is 2. The second-order valence-electron chi connectivity index (χ2n) is 6.30. The second-order valence-corrected chi connectivity index (χ2v) is 6.30. The number of anilines is 1. The zero-order chi connectivity index (χ0) is 16.4. The molecule has 6 heteroatoms. The summed E-state index contributed by atoms with van der Waals surface area (Å²) < 4.78 is 0. The molecule has 0 spiro atoms. The van der Waals surface area contributed by atoms with Crippen LogP contribution in [0.15, 0.2) is 24.4 Å². The van der Waals surface area contributed by atoms with E-state index in [4.69, 9.17) is 0 Å². The normalized spacial score (nSPS) is 20.9. The Morgan fingerprint density at radius 3 is 3.04 bits per heavy atom. The monoisotopic (exact) mass is 314 g/mol. The number of rotatable bonds is 4. The van der Waals surface area contributed by atoms with Gasteiger partial charge in [-0.25, -0.2) is 0 Å². The molecule has 2 amide bonds. The number of H-pyrrole nitrogens is 1. The Balaban J connectivity index is 1.79. The van der Waals surface area contributed by atoms with Crippen LogP contribution in [-0.4, -0.2) is 39.0 Å². The lowest BCUT2D eigenvalue weighted by Crippen LogP contribution is -2.53. The van der Waals surface area contributed by atoms with Crippen molar-refractivity contribution in [3.05, 3.63) is 24.4 Å². The van der Waals surface area contributed by atoms with E-state index in [0.29, 0.717) is 25.1 Å². The minimum atomic E-state index is -0.769. The van der Waals surface area contributed by atoms with Gasteiger partial charge in [0.15, 0.2) is 0 Å². The van der Waals surface area contributed by atoms with Gasteiger partial charge in [-0.1, -0.05) is 6.92 Å². The Bertz CT molecular complexity index is 739. The standard InChI is InChI=1S/C17H22N4O2/c1-3-5-15(22)21-9-4-8-17(21,2)16(23)19-13-7-6-12-11-18-20-14(12)10-13/h6-7,10-11H,3-5,8-9H2,1-2H3,(H,18,20)(H,19,23). The molecule has 0 bridgehead atoms. The molecule has 1 unspecified atom stereocenters. The van der Waals surface area contributed by atoms with E-state index in [1.165, 1.54) is 0 Å². The SMILES string of the molecule is CCCC(=O)N1CCCC1(C)C(=O)Nc1ccc2cn[nH]c2c1. The molecule has 3 rings (SSSR count). The van der Waals surface area contributed by atoms with Crippen molar-refractivity contribution in [3.8, 4) is 0 Å². The van der Waals surface area contributed by atoms with Crippen LogP contribution in [0.25, 0.3) is 10.9 Å². The maximum Gasteiger partial charge on any atom is 0.250 e. The summed E-state index contributed by atoms with van der Waals surface area (Å²) in [6.45, 7) is 4.49. The van der Waals surface area contributed by atoms with Gasteiger partial charge in [0, 0.05) is 24.0 Å². The number of aromatic amines is 1. The number of aromatic nitrogens is 2. The molecule has 6 nitrogen and oxygen atoms in total. The molecule has 122 valence electrons. The summed E-state index contributed by atoms with van der Waals surface area (Å²) in [4.78, 5) is 26.8. The van der Waals surface area contributed by atoms with Crippen LogP contribution in [0.2, 0.25) is 0 Å². The quantitative estimate of drug-likeness (QED) is 0.910. The first-order chi connectivity index (χ1) is 11.0. The third-order valence-electron chi connectivity index (χ3n) is 4.59. The molecule has 1 aromatic heterocycles. The Morgan fingerprint density at radius 1 is 1.43 bits per heavy atom. The Kier molecular flexibility index (Phi) is 4.07. The van der Waals surface area contributed by atoms with Gasteiger partial charge in [0.1, 0.15) is 5.54 Å². The number of amides is 2. The van der Waals surface area contributed by atoms with Crippen molar-refractivity contribution in [2.45, 2.75) is 45.1 Å². The fourth-order valence-corrected chi connectivity index (χ4v) is 3.23. The van der Waals surface area contributed by atoms with Gasteiger partial charge in [0.25, 0.3) is 0 Å². The summed E-state index contributed by atoms with van der Waals surface area (Å²) in [5, 5.41) is 10.8. The van der Waals surface area contributed by atoms with Gasteiger partial charge in [-0.2, -0.15) is 5.10 Å². The highest BCUT2D eigenvalue weighted by Crippen LogP contribution is 2.31. The number of hydrogen-bond donors (Lipinski definition) is 2. The highest BCUT2D eigenvalue weighted by atomic mass is 16.2. The summed E-state index contributed by atoms with van der Waals surface area (Å²) in [5.74, 6) is -0.0648. The van der Waals surface area contributed by atoms with Crippen molar-refractivity contribution in [2.24, 2.45) is 0 Å². The van der Waals surface area contributed by atoms with Gasteiger partial charge in [-0.05, 0) is 44.4 Å². The van der Waals surface area contributed by atoms with Gasteiger partial charge in [0.2, 0.25) is 11.8 Å². The van der Waals surface area contributed by atoms with E-state index in [-0.39, 0.29) is 11.8 Å². The summed E-state index contributed by atoms with van der Waals surface area (Å²) in [6, 6.07) is 5.62. The molecular formula is C17H22N4O2. The van der Waals surface area contributed by atoms with Gasteiger partial charge in [-0.3, -0.25) is 14.7 Å². The molecule has 2 N–H and O–H groups in total. The minimum absolute atomic E-state index is 0.0617. The zero-order valence-electron chi connectivity index (χ0n) is 13.6. The van der Waals surface area contributed by atoms with Crippen LogP contribution >= 0.6 is 0 Å². The highest BCUT2D eigenvalue weighted by Gasteiger charge is 2.45. The van der Waals surface area contributed by atoms with Crippen molar-refractivity contribution in [1.29, 1.82) is 0 Å². The molecule has 2 aromatic rings. The van der Waals surface area contributed by atoms with E-state index in [9.17, 15) is 9.59 Å². The Morgan fingerprint density at radius 2 is 2.26 bits per heavy atom. The fraction of sp³-hybridized carbons (Fsp3) is 0.471. The lowest BCUT2D eigenvalue weighted by Gasteiger charge is -2.34. The lowest BCUT2D eigenvalue weighted by atomic mass is 9.97. The predicted molar refractivity (Wildman–Crippen MR) is 89.0 cm³/mol. The fourth-order valence-electron chi connectivity index (χ4n) is 3.23. The molecular weight excluding hydrogens is 292 g/mol. The summed E-state index contributed by atoms with van der Waals surface area (Å²) >= 11 is 0. The van der Waals surface area contributed by atoms with Crippen molar-refractivity contribution in [3.63, 3.8) is 0 Å². The maximum atomic E-state index is 12.8. The van der Waals surface area contributed by atoms with Crippen LogP contribution in [0, 0.1) is 0 Å². The zero-order valence-corrected chi connectivity index (χ0v) is 13.6. The number of hydrogen-bond acceptors (Lipinski definition) is 3. The predicted octanol–water partition coefficient (Wildman–Crippen LogP) is 2.68. The van der Waals surface area contributed by atoms with E-state index < -0.39 is 5.54 Å². The smallest absolute Gasteiger partial charge is 0.250 e.